The normalized spacial score (nSPS) is 17.8. The van der Waals surface area contributed by atoms with Crippen LogP contribution in [0.1, 0.15) is 31.9 Å². The van der Waals surface area contributed by atoms with Crippen LogP contribution < -0.4 is 20.1 Å². The van der Waals surface area contributed by atoms with Crippen molar-refractivity contribution in [3.8, 4) is 11.5 Å². The van der Waals surface area contributed by atoms with E-state index in [1.54, 1.807) is 7.11 Å². The van der Waals surface area contributed by atoms with E-state index in [2.05, 4.69) is 46.5 Å². The fourth-order valence-electron chi connectivity index (χ4n) is 2.95. The van der Waals surface area contributed by atoms with Crippen molar-refractivity contribution in [1.82, 2.24) is 5.32 Å². The minimum Gasteiger partial charge on any atom is -0.497 e. The lowest BCUT2D eigenvalue weighted by molar-refractivity contribution is 0.0696. The largest absolute Gasteiger partial charge is 0.497 e. The van der Waals surface area contributed by atoms with Gasteiger partial charge >= 0.3 is 0 Å². The van der Waals surface area contributed by atoms with Crippen LogP contribution in [-0.4, -0.2) is 17.8 Å². The quantitative estimate of drug-likeness (QED) is 0.680. The molecule has 1 aliphatic rings. The number of fused-ring (bicyclic) bond motifs is 1. The Labute approximate surface area is 162 Å². The molecule has 0 aliphatic carbocycles. The standard InChI is InChI=1S/C19H21BrN2O2S/c1-19(2)11-16(15-10-12(20)4-9-17(15)24-19)22-18(25)21-13-5-7-14(23-3)8-6-13/h4-10,16H,11H2,1-3H3,(H2,21,22,25)/t16-/m1/s1. The van der Waals surface area contributed by atoms with Crippen molar-refractivity contribution in [3.63, 3.8) is 0 Å². The van der Waals surface area contributed by atoms with Crippen LogP contribution >= 0.6 is 28.1 Å². The highest BCUT2D eigenvalue weighted by Crippen LogP contribution is 2.40. The highest BCUT2D eigenvalue weighted by Gasteiger charge is 2.34. The summed E-state index contributed by atoms with van der Waals surface area (Å²) in [6, 6.07) is 13.8. The van der Waals surface area contributed by atoms with Gasteiger partial charge in [-0.05, 0) is 68.5 Å². The molecule has 0 unspecified atom stereocenters. The molecule has 2 N–H and O–H groups in total. The summed E-state index contributed by atoms with van der Waals surface area (Å²) < 4.78 is 12.3. The number of hydrogen-bond donors (Lipinski definition) is 2. The van der Waals surface area contributed by atoms with Crippen LogP contribution in [0.5, 0.6) is 11.5 Å². The van der Waals surface area contributed by atoms with Crippen molar-refractivity contribution >= 4 is 38.9 Å². The molecule has 0 radical (unpaired) electrons. The second kappa shape index (κ2) is 7.22. The minimum absolute atomic E-state index is 0.0782. The van der Waals surface area contributed by atoms with E-state index < -0.39 is 0 Å². The predicted octanol–water partition coefficient (Wildman–Crippen LogP) is 5.05. The molecule has 0 amide bonds. The van der Waals surface area contributed by atoms with Gasteiger partial charge < -0.3 is 20.1 Å². The van der Waals surface area contributed by atoms with Gasteiger partial charge in [0.15, 0.2) is 5.11 Å². The van der Waals surface area contributed by atoms with Crippen LogP contribution in [0.15, 0.2) is 46.9 Å². The SMILES string of the molecule is COc1ccc(NC(=S)N[C@@H]2CC(C)(C)Oc3ccc(Br)cc32)cc1. The van der Waals surface area contributed by atoms with Crippen LogP contribution in [0.25, 0.3) is 0 Å². The summed E-state index contributed by atoms with van der Waals surface area (Å²) in [4.78, 5) is 0. The highest BCUT2D eigenvalue weighted by atomic mass is 79.9. The van der Waals surface area contributed by atoms with Crippen molar-refractivity contribution in [3.05, 3.63) is 52.5 Å². The third kappa shape index (κ3) is 4.44. The lowest BCUT2D eigenvalue weighted by Crippen LogP contribution is -2.42. The maximum atomic E-state index is 6.09. The van der Waals surface area contributed by atoms with E-state index in [1.165, 1.54) is 0 Å². The fraction of sp³-hybridized carbons (Fsp3) is 0.316. The zero-order valence-electron chi connectivity index (χ0n) is 14.4. The monoisotopic (exact) mass is 420 g/mol. The lowest BCUT2D eigenvalue weighted by atomic mass is 9.90. The minimum atomic E-state index is -0.256. The molecule has 3 rings (SSSR count). The second-order valence-corrected chi connectivity index (χ2v) is 7.95. The van der Waals surface area contributed by atoms with E-state index in [0.29, 0.717) is 5.11 Å². The first-order valence-electron chi connectivity index (χ1n) is 8.06. The molecule has 6 heteroatoms. The van der Waals surface area contributed by atoms with E-state index in [1.807, 2.05) is 36.4 Å². The molecule has 0 saturated carbocycles. The number of benzene rings is 2. The van der Waals surface area contributed by atoms with Crippen LogP contribution in [0.4, 0.5) is 5.69 Å². The average Bonchev–Trinajstić information content (AvgIpc) is 2.55. The molecule has 4 nitrogen and oxygen atoms in total. The van der Waals surface area contributed by atoms with Gasteiger partial charge in [0.1, 0.15) is 17.1 Å². The summed E-state index contributed by atoms with van der Waals surface area (Å²) in [5.41, 5.74) is 1.76. The fourth-order valence-corrected chi connectivity index (χ4v) is 3.59. The molecule has 0 bridgehead atoms. The van der Waals surface area contributed by atoms with Gasteiger partial charge in [-0.2, -0.15) is 0 Å². The van der Waals surface area contributed by atoms with Crippen LogP contribution in [-0.2, 0) is 0 Å². The molecule has 1 aliphatic heterocycles. The highest BCUT2D eigenvalue weighted by molar-refractivity contribution is 9.10. The van der Waals surface area contributed by atoms with Crippen molar-refractivity contribution in [2.45, 2.75) is 31.9 Å². The van der Waals surface area contributed by atoms with Gasteiger partial charge in [0.05, 0.1) is 13.2 Å². The molecule has 25 heavy (non-hydrogen) atoms. The summed E-state index contributed by atoms with van der Waals surface area (Å²) in [5.74, 6) is 1.71. The van der Waals surface area contributed by atoms with Gasteiger partial charge in [0, 0.05) is 22.1 Å². The molecule has 132 valence electrons. The van der Waals surface area contributed by atoms with Crippen LogP contribution in [0.2, 0.25) is 0 Å². The van der Waals surface area contributed by atoms with E-state index in [0.717, 1.165) is 33.6 Å². The van der Waals surface area contributed by atoms with E-state index in [4.69, 9.17) is 21.7 Å². The molecular weight excluding hydrogens is 400 g/mol. The number of nitrogens with one attached hydrogen (secondary N) is 2. The molecule has 0 fully saturated rings. The predicted molar refractivity (Wildman–Crippen MR) is 109 cm³/mol. The maximum absolute atomic E-state index is 6.09. The smallest absolute Gasteiger partial charge is 0.171 e. The molecule has 1 heterocycles. The molecule has 0 spiro atoms. The topological polar surface area (TPSA) is 42.5 Å². The molecule has 0 aromatic heterocycles. The van der Waals surface area contributed by atoms with Gasteiger partial charge in [0.25, 0.3) is 0 Å². The van der Waals surface area contributed by atoms with Gasteiger partial charge in [-0.25, -0.2) is 0 Å². The van der Waals surface area contributed by atoms with Crippen molar-refractivity contribution in [2.75, 3.05) is 12.4 Å². The third-order valence-electron chi connectivity index (χ3n) is 4.08. The Hall–Kier alpha value is -1.79. The number of halogens is 1. The Morgan fingerprint density at radius 1 is 1.24 bits per heavy atom. The van der Waals surface area contributed by atoms with E-state index in [-0.39, 0.29) is 11.6 Å². The number of anilines is 1. The van der Waals surface area contributed by atoms with Crippen LogP contribution in [0, 0.1) is 0 Å². The Kier molecular flexibility index (Phi) is 5.20. The Morgan fingerprint density at radius 3 is 2.64 bits per heavy atom. The number of hydrogen-bond acceptors (Lipinski definition) is 3. The molecule has 1 atom stereocenters. The lowest BCUT2D eigenvalue weighted by Gasteiger charge is -2.38. The molecule has 2 aromatic carbocycles. The first-order valence-corrected chi connectivity index (χ1v) is 9.26. The number of rotatable bonds is 3. The van der Waals surface area contributed by atoms with E-state index in [9.17, 15) is 0 Å². The molecule has 0 saturated heterocycles. The first-order chi connectivity index (χ1) is 11.9. The van der Waals surface area contributed by atoms with Crippen LogP contribution in [0.3, 0.4) is 0 Å². The van der Waals surface area contributed by atoms with Gasteiger partial charge in [0.2, 0.25) is 0 Å². The zero-order chi connectivity index (χ0) is 18.0. The van der Waals surface area contributed by atoms with Gasteiger partial charge in [-0.1, -0.05) is 15.9 Å². The van der Waals surface area contributed by atoms with Crippen molar-refractivity contribution < 1.29 is 9.47 Å². The summed E-state index contributed by atoms with van der Waals surface area (Å²) >= 11 is 9.05. The summed E-state index contributed by atoms with van der Waals surface area (Å²) in [6.07, 6.45) is 0.820. The summed E-state index contributed by atoms with van der Waals surface area (Å²) in [5, 5.41) is 7.23. The number of thiocarbonyl (C=S) groups is 1. The molecule has 2 aromatic rings. The van der Waals surface area contributed by atoms with Crippen molar-refractivity contribution in [2.24, 2.45) is 0 Å². The summed E-state index contributed by atoms with van der Waals surface area (Å²) in [6.45, 7) is 4.18. The first kappa shape index (κ1) is 18.0. The number of ether oxygens (including phenoxy) is 2. The van der Waals surface area contributed by atoms with Crippen molar-refractivity contribution in [1.29, 1.82) is 0 Å². The Bertz CT molecular complexity index is 777. The Balaban J connectivity index is 1.74. The Morgan fingerprint density at radius 2 is 1.96 bits per heavy atom. The van der Waals surface area contributed by atoms with E-state index >= 15 is 0 Å². The third-order valence-corrected chi connectivity index (χ3v) is 4.80. The number of methoxy groups -OCH3 is 1. The second-order valence-electron chi connectivity index (χ2n) is 6.63. The zero-order valence-corrected chi connectivity index (χ0v) is 16.8. The van der Waals surface area contributed by atoms with Gasteiger partial charge in [-0.3, -0.25) is 0 Å². The van der Waals surface area contributed by atoms with Gasteiger partial charge in [-0.15, -0.1) is 0 Å². The maximum Gasteiger partial charge on any atom is 0.171 e. The average molecular weight is 421 g/mol. The molecular formula is C19H21BrN2O2S. The summed E-state index contributed by atoms with van der Waals surface area (Å²) in [7, 11) is 1.65.